The smallest absolute Gasteiger partial charge is 0.268 e. The first-order chi connectivity index (χ1) is 8.24. The highest BCUT2D eigenvalue weighted by atomic mass is 16.3. The number of carbonyl (C=O) groups excluding carboxylic acids is 1. The molecule has 4 nitrogen and oxygen atoms in total. The van der Waals surface area contributed by atoms with E-state index in [0.717, 1.165) is 18.4 Å². The number of phenolic OH excluding ortho intramolecular Hbond substituents is 1. The van der Waals surface area contributed by atoms with Crippen molar-refractivity contribution in [3.63, 3.8) is 0 Å². The number of hydrazine groups is 1. The lowest BCUT2D eigenvalue weighted by Crippen LogP contribution is -2.30. The van der Waals surface area contributed by atoms with E-state index in [-0.39, 0.29) is 11.3 Å². The Hall–Kier alpha value is -1.55. The molecular formula is C13H18N2O2. The van der Waals surface area contributed by atoms with Crippen molar-refractivity contribution in [3.8, 4) is 5.75 Å². The first-order valence-corrected chi connectivity index (χ1v) is 6.07. The van der Waals surface area contributed by atoms with E-state index < -0.39 is 5.91 Å². The second-order valence-corrected chi connectivity index (χ2v) is 4.55. The van der Waals surface area contributed by atoms with Gasteiger partial charge in [0.25, 0.3) is 5.91 Å². The van der Waals surface area contributed by atoms with Gasteiger partial charge in [0, 0.05) is 0 Å². The minimum Gasteiger partial charge on any atom is -0.507 e. The van der Waals surface area contributed by atoms with Gasteiger partial charge >= 0.3 is 0 Å². The molecule has 0 aromatic heterocycles. The van der Waals surface area contributed by atoms with Gasteiger partial charge in [-0.15, -0.1) is 0 Å². The third-order valence-corrected chi connectivity index (χ3v) is 3.49. The van der Waals surface area contributed by atoms with Gasteiger partial charge in [0.1, 0.15) is 5.75 Å². The summed E-state index contributed by atoms with van der Waals surface area (Å²) in [7, 11) is 0. The molecule has 1 aliphatic rings. The summed E-state index contributed by atoms with van der Waals surface area (Å²) in [6.45, 7) is 0. The molecule has 92 valence electrons. The largest absolute Gasteiger partial charge is 0.507 e. The highest BCUT2D eigenvalue weighted by molar-refractivity contribution is 5.96. The van der Waals surface area contributed by atoms with Gasteiger partial charge in [0.2, 0.25) is 0 Å². The molecule has 2 rings (SSSR count). The monoisotopic (exact) mass is 234 g/mol. The maximum Gasteiger partial charge on any atom is 0.268 e. The van der Waals surface area contributed by atoms with E-state index in [9.17, 15) is 9.90 Å². The summed E-state index contributed by atoms with van der Waals surface area (Å²) in [5.74, 6) is 5.10. The summed E-state index contributed by atoms with van der Waals surface area (Å²) >= 11 is 0. The van der Waals surface area contributed by atoms with Gasteiger partial charge in [-0.3, -0.25) is 10.2 Å². The number of hydrogen-bond donors (Lipinski definition) is 3. The van der Waals surface area contributed by atoms with Crippen LogP contribution < -0.4 is 11.3 Å². The number of nitrogens with two attached hydrogens (primary N) is 1. The molecule has 0 bridgehead atoms. The minimum atomic E-state index is -0.444. The van der Waals surface area contributed by atoms with E-state index in [1.54, 1.807) is 12.1 Å². The molecule has 0 aliphatic heterocycles. The van der Waals surface area contributed by atoms with Crippen molar-refractivity contribution in [1.29, 1.82) is 0 Å². The second kappa shape index (κ2) is 5.19. The maximum absolute atomic E-state index is 11.5. The van der Waals surface area contributed by atoms with Crippen LogP contribution in [0.3, 0.4) is 0 Å². The molecule has 0 saturated heterocycles. The fraction of sp³-hybridized carbons (Fsp3) is 0.462. The third-order valence-electron chi connectivity index (χ3n) is 3.49. The summed E-state index contributed by atoms with van der Waals surface area (Å²) in [6.07, 6.45) is 5.82. The second-order valence-electron chi connectivity index (χ2n) is 4.55. The predicted molar refractivity (Wildman–Crippen MR) is 65.6 cm³/mol. The van der Waals surface area contributed by atoms with Crippen molar-refractivity contribution >= 4 is 5.91 Å². The SMILES string of the molecule is NNC(=O)c1cccc(C2CCCCC2)c1O. The highest BCUT2D eigenvalue weighted by Crippen LogP contribution is 2.38. The van der Waals surface area contributed by atoms with Crippen molar-refractivity contribution in [2.45, 2.75) is 38.0 Å². The molecule has 17 heavy (non-hydrogen) atoms. The van der Waals surface area contributed by atoms with Gasteiger partial charge in [0.05, 0.1) is 5.56 Å². The van der Waals surface area contributed by atoms with Gasteiger partial charge in [-0.05, 0) is 30.4 Å². The number of nitrogen functional groups attached to an aromatic ring is 1. The van der Waals surface area contributed by atoms with E-state index in [1.807, 2.05) is 6.07 Å². The van der Waals surface area contributed by atoms with Crippen LogP contribution in [0.4, 0.5) is 0 Å². The maximum atomic E-state index is 11.5. The number of benzene rings is 1. The number of aromatic hydroxyl groups is 1. The van der Waals surface area contributed by atoms with E-state index >= 15 is 0 Å². The quantitative estimate of drug-likeness (QED) is 0.416. The topological polar surface area (TPSA) is 75.3 Å². The molecule has 0 heterocycles. The molecule has 0 radical (unpaired) electrons. The Morgan fingerprint density at radius 1 is 1.29 bits per heavy atom. The van der Waals surface area contributed by atoms with Crippen LogP contribution in [0.5, 0.6) is 5.75 Å². The van der Waals surface area contributed by atoms with Crippen molar-refractivity contribution in [2.24, 2.45) is 5.84 Å². The van der Waals surface area contributed by atoms with Gasteiger partial charge in [-0.2, -0.15) is 0 Å². The Balaban J connectivity index is 2.31. The van der Waals surface area contributed by atoms with Gasteiger partial charge in [0.15, 0.2) is 0 Å². The van der Waals surface area contributed by atoms with Crippen LogP contribution in [-0.4, -0.2) is 11.0 Å². The Morgan fingerprint density at radius 3 is 2.65 bits per heavy atom. The van der Waals surface area contributed by atoms with Crippen LogP contribution in [0.2, 0.25) is 0 Å². The first-order valence-electron chi connectivity index (χ1n) is 6.07. The molecule has 4 N–H and O–H groups in total. The van der Waals surface area contributed by atoms with E-state index in [2.05, 4.69) is 5.43 Å². The molecule has 0 unspecified atom stereocenters. The third kappa shape index (κ3) is 2.42. The zero-order valence-corrected chi connectivity index (χ0v) is 9.78. The number of nitrogens with one attached hydrogen (secondary N) is 1. The lowest BCUT2D eigenvalue weighted by Gasteiger charge is -2.23. The van der Waals surface area contributed by atoms with Crippen LogP contribution in [0.25, 0.3) is 0 Å². The first kappa shape index (κ1) is 11.9. The Morgan fingerprint density at radius 2 is 2.00 bits per heavy atom. The van der Waals surface area contributed by atoms with E-state index in [4.69, 9.17) is 5.84 Å². The van der Waals surface area contributed by atoms with Gasteiger partial charge in [-0.25, -0.2) is 5.84 Å². The van der Waals surface area contributed by atoms with Gasteiger partial charge < -0.3 is 5.11 Å². The number of rotatable bonds is 2. The van der Waals surface area contributed by atoms with Crippen LogP contribution in [-0.2, 0) is 0 Å². The zero-order chi connectivity index (χ0) is 12.3. The zero-order valence-electron chi connectivity index (χ0n) is 9.78. The molecule has 1 amide bonds. The van der Waals surface area contributed by atoms with Crippen LogP contribution in [0.15, 0.2) is 18.2 Å². The highest BCUT2D eigenvalue weighted by Gasteiger charge is 2.21. The number of carbonyl (C=O) groups is 1. The Bertz CT molecular complexity index is 412. The fourth-order valence-electron chi connectivity index (χ4n) is 2.57. The van der Waals surface area contributed by atoms with E-state index in [1.165, 1.54) is 19.3 Å². The van der Waals surface area contributed by atoms with Crippen LogP contribution >= 0.6 is 0 Å². The average Bonchev–Trinajstić information content (AvgIpc) is 2.39. The molecular weight excluding hydrogens is 216 g/mol. The van der Waals surface area contributed by atoms with Crippen molar-refractivity contribution < 1.29 is 9.90 Å². The van der Waals surface area contributed by atoms with Crippen LogP contribution in [0.1, 0.15) is 53.9 Å². The lowest BCUT2D eigenvalue weighted by molar-refractivity contribution is 0.0950. The number of phenols is 1. The van der Waals surface area contributed by atoms with E-state index in [0.29, 0.717) is 5.92 Å². The van der Waals surface area contributed by atoms with Crippen LogP contribution in [0, 0.1) is 0 Å². The summed E-state index contributed by atoms with van der Waals surface area (Å²) in [5, 5.41) is 10.1. The average molecular weight is 234 g/mol. The summed E-state index contributed by atoms with van der Waals surface area (Å²) in [4.78, 5) is 11.5. The Kier molecular flexibility index (Phi) is 3.64. The lowest BCUT2D eigenvalue weighted by atomic mass is 9.83. The number of hydrogen-bond acceptors (Lipinski definition) is 3. The molecule has 1 aromatic carbocycles. The molecule has 4 heteroatoms. The molecule has 1 fully saturated rings. The summed E-state index contributed by atoms with van der Waals surface area (Å²) in [5.41, 5.74) is 3.19. The van der Waals surface area contributed by atoms with Crippen molar-refractivity contribution in [1.82, 2.24) is 5.43 Å². The molecule has 0 spiro atoms. The standard InChI is InChI=1S/C13H18N2O2/c14-15-13(17)11-8-4-7-10(12(11)16)9-5-2-1-3-6-9/h4,7-9,16H,1-3,5-6,14H2,(H,15,17). The molecule has 1 aromatic rings. The molecule has 0 atom stereocenters. The summed E-state index contributed by atoms with van der Waals surface area (Å²) in [6, 6.07) is 5.29. The molecule has 1 saturated carbocycles. The van der Waals surface area contributed by atoms with Crippen molar-refractivity contribution in [2.75, 3.05) is 0 Å². The normalized spacial score (nSPS) is 16.8. The fourth-order valence-corrected chi connectivity index (χ4v) is 2.57. The number of amides is 1. The predicted octanol–water partition coefficient (Wildman–Crippen LogP) is 2.04. The Labute approximate surface area is 101 Å². The minimum absolute atomic E-state index is 0.0855. The molecule has 1 aliphatic carbocycles. The summed E-state index contributed by atoms with van der Waals surface area (Å²) < 4.78 is 0. The van der Waals surface area contributed by atoms with Gasteiger partial charge in [-0.1, -0.05) is 31.4 Å². The number of para-hydroxylation sites is 1. The van der Waals surface area contributed by atoms with Crippen molar-refractivity contribution in [3.05, 3.63) is 29.3 Å².